The number of hydrogen-bond donors (Lipinski definition) is 2. The Morgan fingerprint density at radius 3 is 2.67 bits per heavy atom. The Balaban J connectivity index is 2.05. The molecular weight excluding hydrogens is 292 g/mol. The molecule has 0 aliphatic heterocycles. The predicted molar refractivity (Wildman–Crippen MR) is 79.7 cm³/mol. The Morgan fingerprint density at radius 1 is 1.38 bits per heavy atom. The molecule has 0 unspecified atom stereocenters. The Morgan fingerprint density at radius 2 is 2.10 bits per heavy atom. The van der Waals surface area contributed by atoms with Crippen molar-refractivity contribution in [2.75, 3.05) is 11.9 Å². The summed E-state index contributed by atoms with van der Waals surface area (Å²) in [4.78, 5) is 26.1. The largest absolute Gasteiger partial charge is 0.476 e. The summed E-state index contributed by atoms with van der Waals surface area (Å²) >= 11 is 1.25. The molecule has 0 saturated carbocycles. The third-order valence-corrected chi connectivity index (χ3v) is 3.33. The van der Waals surface area contributed by atoms with E-state index in [1.165, 1.54) is 22.8 Å². The first kappa shape index (κ1) is 14.7. The lowest BCUT2D eigenvalue weighted by molar-refractivity contribution is 0.0691. The molecule has 1 amide bonds. The van der Waals surface area contributed by atoms with E-state index in [1.807, 2.05) is 0 Å². The van der Waals surface area contributed by atoms with Crippen LogP contribution in [0, 0.1) is 0 Å². The van der Waals surface area contributed by atoms with Gasteiger partial charge in [-0.1, -0.05) is 12.7 Å². The van der Waals surface area contributed by atoms with E-state index in [4.69, 9.17) is 9.84 Å². The second-order valence-electron chi connectivity index (χ2n) is 3.93. The van der Waals surface area contributed by atoms with E-state index >= 15 is 0 Å². The highest BCUT2D eigenvalue weighted by Gasteiger charge is 2.10. The molecule has 0 atom stereocenters. The monoisotopic (exact) mass is 304 g/mol. The van der Waals surface area contributed by atoms with Gasteiger partial charge in [-0.2, -0.15) is 0 Å². The molecule has 2 rings (SSSR count). The zero-order valence-corrected chi connectivity index (χ0v) is 11.7. The fourth-order valence-corrected chi connectivity index (χ4v) is 2.29. The highest BCUT2D eigenvalue weighted by Crippen LogP contribution is 2.25. The average molecular weight is 304 g/mol. The summed E-state index contributed by atoms with van der Waals surface area (Å²) in [6.07, 6.45) is 0.913. The molecule has 21 heavy (non-hydrogen) atoms. The topological polar surface area (TPSA) is 88.5 Å². The lowest BCUT2D eigenvalue weighted by Gasteiger charge is -2.05. The van der Waals surface area contributed by atoms with E-state index in [-0.39, 0.29) is 12.3 Å². The van der Waals surface area contributed by atoms with Gasteiger partial charge in [0.1, 0.15) is 11.6 Å². The van der Waals surface area contributed by atoms with Crippen molar-refractivity contribution in [2.24, 2.45) is 0 Å². The molecule has 0 aliphatic rings. The first-order chi connectivity index (χ1) is 10.1. The van der Waals surface area contributed by atoms with Crippen LogP contribution in [0.4, 0.5) is 10.5 Å². The molecule has 7 heteroatoms. The fraction of sp³-hybridized carbons (Fsp3) is 0.0714. The van der Waals surface area contributed by atoms with Gasteiger partial charge >= 0.3 is 12.1 Å². The average Bonchev–Trinajstić information content (AvgIpc) is 2.96. The number of ether oxygens (including phenoxy) is 1. The molecule has 2 aromatic rings. The third kappa shape index (κ3) is 3.90. The molecule has 108 valence electrons. The van der Waals surface area contributed by atoms with E-state index in [0.717, 1.165) is 5.56 Å². The number of aromatic nitrogens is 1. The molecular formula is C14H12N2O4S. The Bertz CT molecular complexity index is 664. The zero-order valence-electron chi connectivity index (χ0n) is 10.9. The van der Waals surface area contributed by atoms with Gasteiger partial charge in [-0.15, -0.1) is 11.3 Å². The van der Waals surface area contributed by atoms with Crippen LogP contribution in [0.5, 0.6) is 0 Å². The van der Waals surface area contributed by atoms with Gasteiger partial charge in [-0.05, 0) is 24.3 Å². The molecule has 0 spiro atoms. The Labute approximate surface area is 124 Å². The molecule has 0 radical (unpaired) electrons. The molecule has 6 nitrogen and oxygen atoms in total. The summed E-state index contributed by atoms with van der Waals surface area (Å²) in [6, 6.07) is 6.86. The van der Waals surface area contributed by atoms with Gasteiger partial charge in [0.25, 0.3) is 0 Å². The maximum absolute atomic E-state index is 11.3. The van der Waals surface area contributed by atoms with Crippen molar-refractivity contribution in [3.05, 3.63) is 48.0 Å². The summed E-state index contributed by atoms with van der Waals surface area (Å²) in [5.74, 6) is -1.05. The summed E-state index contributed by atoms with van der Waals surface area (Å²) in [5.41, 5.74) is 1.37. The van der Waals surface area contributed by atoms with E-state index in [1.54, 1.807) is 24.3 Å². The number of carbonyl (C=O) groups excluding carboxylic acids is 1. The number of thiazole rings is 1. The smallest absolute Gasteiger partial charge is 0.411 e. The van der Waals surface area contributed by atoms with Gasteiger partial charge in [0.15, 0.2) is 5.69 Å². The second kappa shape index (κ2) is 6.67. The molecule has 0 aliphatic carbocycles. The predicted octanol–water partition coefficient (Wildman–Crippen LogP) is 3.24. The first-order valence-electron chi connectivity index (χ1n) is 5.94. The lowest BCUT2D eigenvalue weighted by atomic mass is 10.2. The quantitative estimate of drug-likeness (QED) is 0.828. The number of carbonyl (C=O) groups is 2. The SMILES string of the molecule is C=CCOC(=O)Nc1ccc(-c2nc(C(=O)O)cs2)cc1. The van der Waals surface area contributed by atoms with Crippen LogP contribution >= 0.6 is 11.3 Å². The number of nitrogens with zero attached hydrogens (tertiary/aromatic N) is 1. The summed E-state index contributed by atoms with van der Waals surface area (Å²) < 4.78 is 4.80. The van der Waals surface area contributed by atoms with Crippen molar-refractivity contribution in [1.29, 1.82) is 0 Å². The minimum absolute atomic E-state index is 0.0187. The van der Waals surface area contributed by atoms with Crippen molar-refractivity contribution in [3.8, 4) is 10.6 Å². The van der Waals surface area contributed by atoms with Gasteiger partial charge in [0.2, 0.25) is 0 Å². The molecule has 1 heterocycles. The molecule has 1 aromatic carbocycles. The first-order valence-corrected chi connectivity index (χ1v) is 6.82. The van der Waals surface area contributed by atoms with Crippen LogP contribution in [0.3, 0.4) is 0 Å². The third-order valence-electron chi connectivity index (χ3n) is 2.43. The highest BCUT2D eigenvalue weighted by atomic mass is 32.1. The van der Waals surface area contributed by atoms with E-state index < -0.39 is 12.1 Å². The van der Waals surface area contributed by atoms with Gasteiger partial charge in [0, 0.05) is 16.6 Å². The van der Waals surface area contributed by atoms with E-state index in [0.29, 0.717) is 10.7 Å². The van der Waals surface area contributed by atoms with Crippen molar-refractivity contribution in [3.63, 3.8) is 0 Å². The summed E-state index contributed by atoms with van der Waals surface area (Å²) in [5, 5.41) is 13.5. The number of carboxylic acid groups (broad SMARTS) is 1. The number of hydrogen-bond acceptors (Lipinski definition) is 5. The fourth-order valence-electron chi connectivity index (χ4n) is 1.49. The molecule has 2 N–H and O–H groups in total. The van der Waals surface area contributed by atoms with Crippen LogP contribution in [0.2, 0.25) is 0 Å². The summed E-state index contributed by atoms with van der Waals surface area (Å²) in [7, 11) is 0. The normalized spacial score (nSPS) is 9.90. The van der Waals surface area contributed by atoms with Gasteiger partial charge in [-0.3, -0.25) is 5.32 Å². The maximum atomic E-state index is 11.3. The minimum atomic E-state index is -1.05. The number of anilines is 1. The second-order valence-corrected chi connectivity index (χ2v) is 4.79. The number of carboxylic acids is 1. The maximum Gasteiger partial charge on any atom is 0.411 e. The van der Waals surface area contributed by atoms with Crippen molar-refractivity contribution in [2.45, 2.75) is 0 Å². The minimum Gasteiger partial charge on any atom is -0.476 e. The number of rotatable bonds is 5. The highest BCUT2D eigenvalue weighted by molar-refractivity contribution is 7.13. The lowest BCUT2D eigenvalue weighted by Crippen LogP contribution is -2.13. The number of benzene rings is 1. The number of nitrogens with one attached hydrogen (secondary N) is 1. The summed E-state index contributed by atoms with van der Waals surface area (Å²) in [6.45, 7) is 3.59. The van der Waals surface area contributed by atoms with Crippen LogP contribution in [0.15, 0.2) is 42.3 Å². The molecule has 0 bridgehead atoms. The van der Waals surface area contributed by atoms with Crippen LogP contribution in [-0.4, -0.2) is 28.8 Å². The molecule has 0 saturated heterocycles. The van der Waals surface area contributed by atoms with Crippen molar-refractivity contribution < 1.29 is 19.4 Å². The standard InChI is InChI=1S/C14H12N2O4S/c1-2-7-20-14(19)15-10-5-3-9(4-6-10)12-16-11(8-21-12)13(17)18/h2-6,8H,1,7H2,(H,15,19)(H,17,18). The molecule has 1 aromatic heterocycles. The van der Waals surface area contributed by atoms with E-state index in [2.05, 4.69) is 16.9 Å². The van der Waals surface area contributed by atoms with Crippen LogP contribution < -0.4 is 5.32 Å². The van der Waals surface area contributed by atoms with Crippen LogP contribution in [0.25, 0.3) is 10.6 Å². The van der Waals surface area contributed by atoms with Gasteiger partial charge in [-0.25, -0.2) is 14.6 Å². The Kier molecular flexibility index (Phi) is 4.68. The van der Waals surface area contributed by atoms with Crippen LogP contribution in [-0.2, 0) is 4.74 Å². The van der Waals surface area contributed by atoms with Crippen molar-refractivity contribution in [1.82, 2.24) is 4.98 Å². The van der Waals surface area contributed by atoms with Crippen molar-refractivity contribution >= 4 is 29.1 Å². The van der Waals surface area contributed by atoms with Crippen LogP contribution in [0.1, 0.15) is 10.5 Å². The molecule has 0 fully saturated rings. The van der Waals surface area contributed by atoms with Gasteiger partial charge in [0.05, 0.1) is 0 Å². The zero-order chi connectivity index (χ0) is 15.2. The number of amides is 1. The van der Waals surface area contributed by atoms with Gasteiger partial charge < -0.3 is 9.84 Å². The van der Waals surface area contributed by atoms with E-state index in [9.17, 15) is 9.59 Å². The Hall–Kier alpha value is -2.67. The number of aromatic carboxylic acids is 1.